The number of nitrogen functional groups attached to an aromatic ring is 1. The van der Waals surface area contributed by atoms with Crippen LogP contribution in [0, 0.1) is 0 Å². The standard InChI is InChI=1S/C15H14N2O4/c1-9(18)17-13-4-2-3-5-14(13)21-10-6-7-11(15(19)20)12(16)8-10/h2-8H,16H2,1H3,(H,17,18)(H,19,20). The van der Waals surface area contributed by atoms with E-state index in [4.69, 9.17) is 15.6 Å². The van der Waals surface area contributed by atoms with Crippen LogP contribution >= 0.6 is 0 Å². The predicted octanol–water partition coefficient (Wildman–Crippen LogP) is 2.72. The maximum absolute atomic E-state index is 11.1. The van der Waals surface area contributed by atoms with Crippen molar-refractivity contribution >= 4 is 23.3 Å². The molecule has 1 amide bonds. The third-order valence-corrected chi connectivity index (χ3v) is 2.68. The topological polar surface area (TPSA) is 102 Å². The van der Waals surface area contributed by atoms with Crippen molar-refractivity contribution in [1.29, 1.82) is 0 Å². The van der Waals surface area contributed by atoms with E-state index in [1.165, 1.54) is 25.1 Å². The van der Waals surface area contributed by atoms with Gasteiger partial charge < -0.3 is 20.9 Å². The predicted molar refractivity (Wildman–Crippen MR) is 78.6 cm³/mol. The molecular formula is C15H14N2O4. The Labute approximate surface area is 121 Å². The number of carboxylic acid groups (broad SMARTS) is 1. The monoisotopic (exact) mass is 286 g/mol. The van der Waals surface area contributed by atoms with Crippen molar-refractivity contribution in [3.63, 3.8) is 0 Å². The Hall–Kier alpha value is -3.02. The molecule has 0 aliphatic heterocycles. The SMILES string of the molecule is CC(=O)Nc1ccccc1Oc1ccc(C(=O)O)c(N)c1. The number of carboxylic acids is 1. The molecule has 0 atom stereocenters. The minimum atomic E-state index is -1.10. The quantitative estimate of drug-likeness (QED) is 0.750. The second-order valence-corrected chi connectivity index (χ2v) is 4.33. The number of anilines is 2. The van der Waals surface area contributed by atoms with Gasteiger partial charge in [-0.1, -0.05) is 12.1 Å². The average molecular weight is 286 g/mol. The lowest BCUT2D eigenvalue weighted by atomic mass is 10.2. The van der Waals surface area contributed by atoms with E-state index < -0.39 is 5.97 Å². The zero-order chi connectivity index (χ0) is 15.4. The van der Waals surface area contributed by atoms with Crippen molar-refractivity contribution in [2.45, 2.75) is 6.92 Å². The maximum Gasteiger partial charge on any atom is 0.337 e. The normalized spacial score (nSPS) is 9.95. The molecule has 0 aliphatic rings. The molecule has 21 heavy (non-hydrogen) atoms. The molecule has 2 aromatic carbocycles. The summed E-state index contributed by atoms with van der Waals surface area (Å²) in [6.07, 6.45) is 0. The Kier molecular flexibility index (Phi) is 4.08. The molecule has 0 aliphatic carbocycles. The molecule has 4 N–H and O–H groups in total. The van der Waals surface area contributed by atoms with Gasteiger partial charge in [0, 0.05) is 18.7 Å². The smallest absolute Gasteiger partial charge is 0.337 e. The Balaban J connectivity index is 2.28. The number of para-hydroxylation sites is 2. The Morgan fingerprint density at radius 1 is 1.19 bits per heavy atom. The number of ether oxygens (including phenoxy) is 1. The largest absolute Gasteiger partial charge is 0.478 e. The number of aromatic carboxylic acids is 1. The first-order valence-corrected chi connectivity index (χ1v) is 6.14. The van der Waals surface area contributed by atoms with Gasteiger partial charge in [0.1, 0.15) is 5.75 Å². The first-order valence-electron chi connectivity index (χ1n) is 6.14. The zero-order valence-corrected chi connectivity index (χ0v) is 11.3. The van der Waals surface area contributed by atoms with Crippen molar-refractivity contribution in [2.24, 2.45) is 0 Å². The molecule has 0 unspecified atom stereocenters. The highest BCUT2D eigenvalue weighted by molar-refractivity contribution is 5.94. The molecule has 0 bridgehead atoms. The van der Waals surface area contributed by atoms with Gasteiger partial charge in [-0.15, -0.1) is 0 Å². The number of nitrogens with two attached hydrogens (primary N) is 1. The number of benzene rings is 2. The van der Waals surface area contributed by atoms with Crippen LogP contribution in [0.4, 0.5) is 11.4 Å². The molecule has 0 spiro atoms. The van der Waals surface area contributed by atoms with Crippen molar-refractivity contribution in [3.05, 3.63) is 48.0 Å². The van der Waals surface area contributed by atoms with E-state index in [2.05, 4.69) is 5.32 Å². The van der Waals surface area contributed by atoms with Gasteiger partial charge in [0.15, 0.2) is 5.75 Å². The lowest BCUT2D eigenvalue weighted by Gasteiger charge is -2.12. The number of carbonyl (C=O) groups is 2. The summed E-state index contributed by atoms with van der Waals surface area (Å²) in [7, 11) is 0. The van der Waals surface area contributed by atoms with Crippen LogP contribution in [0.25, 0.3) is 0 Å². The molecule has 0 heterocycles. The summed E-state index contributed by atoms with van der Waals surface area (Å²) >= 11 is 0. The van der Waals surface area contributed by atoms with Crippen LogP contribution in [0.15, 0.2) is 42.5 Å². The van der Waals surface area contributed by atoms with Gasteiger partial charge in [-0.25, -0.2) is 4.79 Å². The van der Waals surface area contributed by atoms with E-state index in [1.54, 1.807) is 24.3 Å². The lowest BCUT2D eigenvalue weighted by Crippen LogP contribution is -2.07. The second-order valence-electron chi connectivity index (χ2n) is 4.33. The van der Waals surface area contributed by atoms with E-state index in [1.807, 2.05) is 0 Å². The molecule has 0 fully saturated rings. The summed E-state index contributed by atoms with van der Waals surface area (Å²) in [5, 5.41) is 11.6. The summed E-state index contributed by atoms with van der Waals surface area (Å²) in [5.74, 6) is -0.491. The summed E-state index contributed by atoms with van der Waals surface area (Å²) in [6, 6.07) is 11.2. The van der Waals surface area contributed by atoms with E-state index in [-0.39, 0.29) is 17.2 Å². The molecule has 0 saturated carbocycles. The highest BCUT2D eigenvalue weighted by Gasteiger charge is 2.10. The molecule has 0 aromatic heterocycles. The van der Waals surface area contributed by atoms with Gasteiger partial charge >= 0.3 is 5.97 Å². The lowest BCUT2D eigenvalue weighted by molar-refractivity contribution is -0.114. The van der Waals surface area contributed by atoms with Crippen LogP contribution in [0.3, 0.4) is 0 Å². The Morgan fingerprint density at radius 3 is 2.52 bits per heavy atom. The first kappa shape index (κ1) is 14.4. The fourth-order valence-electron chi connectivity index (χ4n) is 1.77. The second kappa shape index (κ2) is 5.96. The van der Waals surface area contributed by atoms with Crippen LogP contribution in [0.2, 0.25) is 0 Å². The van der Waals surface area contributed by atoms with Crippen LogP contribution in [-0.4, -0.2) is 17.0 Å². The van der Waals surface area contributed by atoms with Crippen LogP contribution < -0.4 is 15.8 Å². The molecule has 2 rings (SSSR count). The highest BCUT2D eigenvalue weighted by Crippen LogP contribution is 2.30. The van der Waals surface area contributed by atoms with Crippen molar-refractivity contribution in [1.82, 2.24) is 0 Å². The molecular weight excluding hydrogens is 272 g/mol. The molecule has 0 radical (unpaired) electrons. The molecule has 2 aromatic rings. The van der Waals surface area contributed by atoms with E-state index in [0.717, 1.165) is 0 Å². The van der Waals surface area contributed by atoms with Crippen LogP contribution in [-0.2, 0) is 4.79 Å². The fourth-order valence-corrected chi connectivity index (χ4v) is 1.77. The number of rotatable bonds is 4. The van der Waals surface area contributed by atoms with Gasteiger partial charge in [-0.2, -0.15) is 0 Å². The zero-order valence-electron chi connectivity index (χ0n) is 11.3. The average Bonchev–Trinajstić information content (AvgIpc) is 2.40. The van der Waals surface area contributed by atoms with Crippen molar-refractivity contribution in [3.8, 4) is 11.5 Å². The minimum Gasteiger partial charge on any atom is -0.478 e. The van der Waals surface area contributed by atoms with Gasteiger partial charge in [0.2, 0.25) is 5.91 Å². The fraction of sp³-hybridized carbons (Fsp3) is 0.0667. The van der Waals surface area contributed by atoms with Gasteiger partial charge in [-0.05, 0) is 24.3 Å². The highest BCUT2D eigenvalue weighted by atomic mass is 16.5. The van der Waals surface area contributed by atoms with Gasteiger partial charge in [-0.3, -0.25) is 4.79 Å². The third kappa shape index (κ3) is 3.50. The van der Waals surface area contributed by atoms with E-state index in [9.17, 15) is 9.59 Å². The van der Waals surface area contributed by atoms with E-state index in [0.29, 0.717) is 17.2 Å². The number of hydrogen-bond donors (Lipinski definition) is 3. The minimum absolute atomic E-state index is 0.0116. The number of amides is 1. The van der Waals surface area contributed by atoms with Crippen molar-refractivity contribution < 1.29 is 19.4 Å². The van der Waals surface area contributed by atoms with Crippen LogP contribution in [0.5, 0.6) is 11.5 Å². The number of nitrogens with one attached hydrogen (secondary N) is 1. The van der Waals surface area contributed by atoms with Crippen LogP contribution in [0.1, 0.15) is 17.3 Å². The molecule has 6 heteroatoms. The maximum atomic E-state index is 11.1. The Morgan fingerprint density at radius 2 is 1.90 bits per heavy atom. The van der Waals surface area contributed by atoms with E-state index >= 15 is 0 Å². The summed E-state index contributed by atoms with van der Waals surface area (Å²) in [5.41, 5.74) is 6.30. The third-order valence-electron chi connectivity index (χ3n) is 2.68. The molecule has 0 saturated heterocycles. The summed E-state index contributed by atoms with van der Waals surface area (Å²) in [4.78, 5) is 22.0. The summed E-state index contributed by atoms with van der Waals surface area (Å²) < 4.78 is 5.64. The van der Waals surface area contributed by atoms with Gasteiger partial charge in [0.25, 0.3) is 0 Å². The first-order chi connectivity index (χ1) is 9.97. The Bertz CT molecular complexity index is 698. The van der Waals surface area contributed by atoms with Gasteiger partial charge in [0.05, 0.1) is 11.3 Å². The van der Waals surface area contributed by atoms with Crippen molar-refractivity contribution in [2.75, 3.05) is 11.1 Å². The summed E-state index contributed by atoms with van der Waals surface area (Å²) in [6.45, 7) is 1.40. The number of hydrogen-bond acceptors (Lipinski definition) is 4. The number of carbonyl (C=O) groups excluding carboxylic acids is 1. The molecule has 108 valence electrons. The molecule has 6 nitrogen and oxygen atoms in total.